The van der Waals surface area contributed by atoms with Crippen LogP contribution < -0.4 is 5.32 Å². The van der Waals surface area contributed by atoms with Crippen molar-refractivity contribution in [1.29, 1.82) is 0 Å². The van der Waals surface area contributed by atoms with Crippen molar-refractivity contribution in [1.82, 2.24) is 35.5 Å². The number of aromatic nitrogens is 6. The number of carbonyl (C=O) groups excluding carboxylic acids is 1. The summed E-state index contributed by atoms with van der Waals surface area (Å²) in [6.45, 7) is 2.63. The Balaban J connectivity index is 2.09. The number of carbonyl (C=O) groups is 1. The molecule has 0 saturated carbocycles. The summed E-state index contributed by atoms with van der Waals surface area (Å²) in [5.41, 5.74) is 2.36. The van der Waals surface area contributed by atoms with E-state index in [1.807, 2.05) is 25.1 Å². The first-order chi connectivity index (χ1) is 10.2. The predicted molar refractivity (Wildman–Crippen MR) is 76.3 cm³/mol. The Morgan fingerprint density at radius 2 is 2.24 bits per heavy atom. The Kier molecular flexibility index (Phi) is 3.35. The van der Waals surface area contributed by atoms with E-state index in [1.165, 1.54) is 0 Å². The third-order valence-corrected chi connectivity index (χ3v) is 3.20. The summed E-state index contributed by atoms with van der Waals surface area (Å²) < 4.78 is 1.77. The number of H-pyrrole nitrogens is 1. The van der Waals surface area contributed by atoms with Crippen LogP contribution in [0.4, 0.5) is 0 Å². The summed E-state index contributed by atoms with van der Waals surface area (Å²) in [7, 11) is 1.59. The van der Waals surface area contributed by atoms with Gasteiger partial charge in [0.1, 0.15) is 11.0 Å². The van der Waals surface area contributed by atoms with E-state index < -0.39 is 0 Å². The first kappa shape index (κ1) is 13.2. The molecule has 2 heterocycles. The first-order valence-corrected chi connectivity index (χ1v) is 6.67. The zero-order valence-corrected chi connectivity index (χ0v) is 11.8. The maximum absolute atomic E-state index is 11.5. The molecular formula is C13H15N7O. The van der Waals surface area contributed by atoms with Crippen molar-refractivity contribution in [3.05, 3.63) is 24.0 Å². The van der Waals surface area contributed by atoms with Crippen LogP contribution in [-0.4, -0.2) is 43.1 Å². The highest BCUT2D eigenvalue weighted by molar-refractivity contribution is 5.89. The number of rotatable bonds is 4. The molecule has 0 radical (unpaired) electrons. The monoisotopic (exact) mass is 285 g/mol. The number of fused-ring (bicyclic) bond motifs is 1. The number of aromatic amines is 1. The average molecular weight is 285 g/mol. The second kappa shape index (κ2) is 5.31. The SMILES string of the molecule is CCn1nc(CC(=O)NC)nc1-c1cccc2n[nH]nc12. The average Bonchev–Trinajstić information content (AvgIpc) is 3.12. The van der Waals surface area contributed by atoms with Crippen molar-refractivity contribution in [2.75, 3.05) is 7.05 Å². The first-order valence-electron chi connectivity index (χ1n) is 6.67. The van der Waals surface area contributed by atoms with Crippen LogP contribution in [-0.2, 0) is 17.8 Å². The molecule has 1 amide bonds. The minimum absolute atomic E-state index is 0.116. The van der Waals surface area contributed by atoms with Crippen molar-refractivity contribution in [3.8, 4) is 11.4 Å². The molecule has 108 valence electrons. The van der Waals surface area contributed by atoms with E-state index >= 15 is 0 Å². The maximum atomic E-state index is 11.5. The Bertz CT molecular complexity index is 789. The van der Waals surface area contributed by atoms with Crippen molar-refractivity contribution in [3.63, 3.8) is 0 Å². The molecule has 0 saturated heterocycles. The molecule has 3 aromatic rings. The van der Waals surface area contributed by atoms with Gasteiger partial charge in [-0.05, 0) is 19.1 Å². The number of para-hydroxylation sites is 1. The Morgan fingerprint density at radius 3 is 3.00 bits per heavy atom. The fourth-order valence-corrected chi connectivity index (χ4v) is 2.16. The van der Waals surface area contributed by atoms with Gasteiger partial charge >= 0.3 is 0 Å². The van der Waals surface area contributed by atoms with E-state index in [0.29, 0.717) is 18.2 Å². The molecule has 0 spiro atoms. The summed E-state index contributed by atoms with van der Waals surface area (Å²) in [5.74, 6) is 1.07. The van der Waals surface area contributed by atoms with Crippen molar-refractivity contribution >= 4 is 16.9 Å². The Hall–Kier alpha value is -2.77. The lowest BCUT2D eigenvalue weighted by atomic mass is 10.1. The fraction of sp³-hybridized carbons (Fsp3) is 0.308. The molecule has 8 nitrogen and oxygen atoms in total. The second-order valence-electron chi connectivity index (χ2n) is 4.51. The smallest absolute Gasteiger partial charge is 0.227 e. The van der Waals surface area contributed by atoms with E-state index in [-0.39, 0.29) is 12.3 Å². The van der Waals surface area contributed by atoms with E-state index in [9.17, 15) is 4.79 Å². The summed E-state index contributed by atoms with van der Waals surface area (Å²) >= 11 is 0. The van der Waals surface area contributed by atoms with E-state index in [0.717, 1.165) is 16.6 Å². The van der Waals surface area contributed by atoms with Crippen LogP contribution >= 0.6 is 0 Å². The van der Waals surface area contributed by atoms with Crippen LogP contribution in [0.25, 0.3) is 22.4 Å². The number of benzene rings is 1. The third kappa shape index (κ3) is 2.35. The normalized spacial score (nSPS) is 11.0. The molecule has 0 unspecified atom stereocenters. The molecule has 8 heteroatoms. The number of likely N-dealkylation sites (N-methyl/N-ethyl adjacent to an activating group) is 1. The van der Waals surface area contributed by atoms with Gasteiger partial charge in [-0.15, -0.1) is 0 Å². The topological polar surface area (TPSA) is 101 Å². The lowest BCUT2D eigenvalue weighted by Gasteiger charge is -2.02. The van der Waals surface area contributed by atoms with Crippen LogP contribution in [0, 0.1) is 0 Å². The number of nitrogens with zero attached hydrogens (tertiary/aromatic N) is 5. The number of aryl methyl sites for hydroxylation is 1. The molecule has 1 aromatic carbocycles. The molecule has 2 aromatic heterocycles. The molecule has 0 aliphatic rings. The molecule has 0 fully saturated rings. The highest BCUT2D eigenvalue weighted by atomic mass is 16.1. The minimum atomic E-state index is -0.116. The van der Waals surface area contributed by atoms with Gasteiger partial charge in [0.05, 0.1) is 6.42 Å². The molecule has 2 N–H and O–H groups in total. The van der Waals surface area contributed by atoms with E-state index in [1.54, 1.807) is 11.7 Å². The number of hydrogen-bond donors (Lipinski definition) is 2. The maximum Gasteiger partial charge on any atom is 0.227 e. The van der Waals surface area contributed by atoms with Gasteiger partial charge < -0.3 is 5.32 Å². The largest absolute Gasteiger partial charge is 0.359 e. The van der Waals surface area contributed by atoms with Crippen LogP contribution in [0.2, 0.25) is 0 Å². The van der Waals surface area contributed by atoms with Gasteiger partial charge in [-0.2, -0.15) is 20.5 Å². The lowest BCUT2D eigenvalue weighted by Crippen LogP contribution is -2.20. The zero-order chi connectivity index (χ0) is 14.8. The Morgan fingerprint density at radius 1 is 1.38 bits per heavy atom. The van der Waals surface area contributed by atoms with Gasteiger partial charge in [-0.25, -0.2) is 9.67 Å². The van der Waals surface area contributed by atoms with Crippen LogP contribution in [0.15, 0.2) is 18.2 Å². The van der Waals surface area contributed by atoms with Gasteiger partial charge in [0.2, 0.25) is 5.91 Å². The van der Waals surface area contributed by atoms with Gasteiger partial charge in [0, 0.05) is 19.2 Å². The van der Waals surface area contributed by atoms with Crippen molar-refractivity contribution in [2.24, 2.45) is 0 Å². The fourth-order valence-electron chi connectivity index (χ4n) is 2.16. The highest BCUT2D eigenvalue weighted by Crippen LogP contribution is 2.24. The number of nitrogens with one attached hydrogen (secondary N) is 2. The summed E-state index contributed by atoms with van der Waals surface area (Å²) in [4.78, 5) is 15.9. The Labute approximate surface area is 120 Å². The third-order valence-electron chi connectivity index (χ3n) is 3.20. The lowest BCUT2D eigenvalue weighted by molar-refractivity contribution is -0.120. The molecule has 0 bridgehead atoms. The van der Waals surface area contributed by atoms with Crippen LogP contribution in [0.1, 0.15) is 12.7 Å². The van der Waals surface area contributed by atoms with Crippen molar-refractivity contribution in [2.45, 2.75) is 19.9 Å². The second-order valence-corrected chi connectivity index (χ2v) is 4.51. The quantitative estimate of drug-likeness (QED) is 0.728. The van der Waals surface area contributed by atoms with Gasteiger partial charge in [-0.1, -0.05) is 6.07 Å². The predicted octanol–water partition coefficient (Wildman–Crippen LogP) is 0.525. The summed E-state index contributed by atoms with van der Waals surface area (Å²) in [6.07, 6.45) is 0.158. The molecule has 3 rings (SSSR count). The van der Waals surface area contributed by atoms with Gasteiger partial charge in [-0.3, -0.25) is 4.79 Å². The van der Waals surface area contributed by atoms with Gasteiger partial charge in [0.25, 0.3) is 0 Å². The van der Waals surface area contributed by atoms with Crippen molar-refractivity contribution < 1.29 is 4.79 Å². The van der Waals surface area contributed by atoms with Gasteiger partial charge in [0.15, 0.2) is 11.6 Å². The summed E-state index contributed by atoms with van der Waals surface area (Å²) in [6, 6.07) is 5.69. The molecule has 21 heavy (non-hydrogen) atoms. The van der Waals surface area contributed by atoms with Crippen LogP contribution in [0.3, 0.4) is 0 Å². The number of hydrogen-bond acceptors (Lipinski definition) is 5. The van der Waals surface area contributed by atoms with E-state index in [4.69, 9.17) is 0 Å². The zero-order valence-electron chi connectivity index (χ0n) is 11.8. The van der Waals surface area contributed by atoms with Crippen LogP contribution in [0.5, 0.6) is 0 Å². The standard InChI is InChI=1S/C13H15N7O/c1-3-20-13(15-10(18-20)7-11(21)14-2)8-5-4-6-9-12(8)17-19-16-9/h4-6H,3,7H2,1-2H3,(H,14,21)(H,16,17,19). The summed E-state index contributed by atoms with van der Waals surface area (Å²) in [5, 5.41) is 17.8. The molecule has 0 aliphatic carbocycles. The minimum Gasteiger partial charge on any atom is -0.359 e. The molecule has 0 atom stereocenters. The number of amides is 1. The molecule has 0 aliphatic heterocycles. The van der Waals surface area contributed by atoms with E-state index in [2.05, 4.69) is 30.8 Å². The molecular weight excluding hydrogens is 270 g/mol. The highest BCUT2D eigenvalue weighted by Gasteiger charge is 2.16.